The van der Waals surface area contributed by atoms with E-state index in [1.165, 1.54) is 13.8 Å². The summed E-state index contributed by atoms with van der Waals surface area (Å²) in [6.07, 6.45) is -2.63. The SMILES string of the molecule is C[C@@H]1CN(C(=O)C(C)(C)C(F)F)C[C@@H]1N1CCOCC1. The number of nitrogens with zero attached hydrogens (tertiary/aromatic N) is 2. The molecule has 0 N–H and O–H groups in total. The zero-order valence-corrected chi connectivity index (χ0v) is 12.4. The van der Waals surface area contributed by atoms with E-state index in [0.29, 0.717) is 32.2 Å². The van der Waals surface area contributed by atoms with Gasteiger partial charge in [0.15, 0.2) is 0 Å². The molecular weight excluding hydrogens is 266 g/mol. The Hall–Kier alpha value is -0.750. The normalized spacial score (nSPS) is 29.2. The zero-order chi connectivity index (χ0) is 14.9. The molecular formula is C14H24F2N2O2. The number of hydrogen-bond donors (Lipinski definition) is 0. The maximum atomic E-state index is 13.0. The van der Waals surface area contributed by atoms with Crippen LogP contribution in [0.4, 0.5) is 8.78 Å². The van der Waals surface area contributed by atoms with E-state index in [1.807, 2.05) is 0 Å². The number of carbonyl (C=O) groups excluding carboxylic acids is 1. The lowest BCUT2D eigenvalue weighted by Gasteiger charge is -2.34. The van der Waals surface area contributed by atoms with Gasteiger partial charge in [0.25, 0.3) is 6.43 Å². The van der Waals surface area contributed by atoms with Crippen molar-refractivity contribution in [2.45, 2.75) is 33.2 Å². The van der Waals surface area contributed by atoms with Crippen LogP contribution < -0.4 is 0 Å². The van der Waals surface area contributed by atoms with E-state index >= 15 is 0 Å². The van der Waals surface area contributed by atoms with Crippen LogP contribution in [0.3, 0.4) is 0 Å². The lowest BCUT2D eigenvalue weighted by molar-refractivity contribution is -0.148. The number of likely N-dealkylation sites (tertiary alicyclic amines) is 1. The van der Waals surface area contributed by atoms with Gasteiger partial charge in [-0.15, -0.1) is 0 Å². The van der Waals surface area contributed by atoms with Gasteiger partial charge in [-0.1, -0.05) is 6.92 Å². The summed E-state index contributed by atoms with van der Waals surface area (Å²) in [4.78, 5) is 16.2. The fourth-order valence-corrected chi connectivity index (χ4v) is 3.00. The molecule has 0 saturated carbocycles. The summed E-state index contributed by atoms with van der Waals surface area (Å²) >= 11 is 0. The van der Waals surface area contributed by atoms with Crippen LogP contribution in [0.1, 0.15) is 20.8 Å². The Morgan fingerprint density at radius 2 is 1.85 bits per heavy atom. The predicted molar refractivity (Wildman–Crippen MR) is 71.7 cm³/mol. The molecule has 2 fully saturated rings. The first-order valence-corrected chi connectivity index (χ1v) is 7.23. The van der Waals surface area contributed by atoms with Crippen molar-refractivity contribution >= 4 is 5.91 Å². The maximum Gasteiger partial charge on any atom is 0.252 e. The molecule has 2 saturated heterocycles. The Balaban J connectivity index is 2.01. The average molecular weight is 290 g/mol. The molecule has 2 rings (SSSR count). The highest BCUT2D eigenvalue weighted by molar-refractivity contribution is 5.82. The van der Waals surface area contributed by atoms with Gasteiger partial charge >= 0.3 is 0 Å². The second-order valence-electron chi connectivity index (χ2n) is 6.43. The van der Waals surface area contributed by atoms with E-state index in [-0.39, 0.29) is 6.04 Å². The number of morpholine rings is 1. The van der Waals surface area contributed by atoms with E-state index in [4.69, 9.17) is 4.74 Å². The van der Waals surface area contributed by atoms with Crippen LogP contribution in [0, 0.1) is 11.3 Å². The van der Waals surface area contributed by atoms with Gasteiger partial charge in [-0.3, -0.25) is 9.69 Å². The van der Waals surface area contributed by atoms with Gasteiger partial charge < -0.3 is 9.64 Å². The molecule has 0 radical (unpaired) electrons. The molecule has 6 heteroatoms. The molecule has 0 aromatic heterocycles. The number of carbonyl (C=O) groups is 1. The number of amides is 1. The van der Waals surface area contributed by atoms with Crippen LogP contribution in [-0.4, -0.2) is 67.6 Å². The van der Waals surface area contributed by atoms with Crippen molar-refractivity contribution in [2.24, 2.45) is 11.3 Å². The lowest BCUT2D eigenvalue weighted by atomic mass is 9.92. The minimum atomic E-state index is -2.63. The van der Waals surface area contributed by atoms with Crippen LogP contribution in [-0.2, 0) is 9.53 Å². The van der Waals surface area contributed by atoms with Gasteiger partial charge in [-0.05, 0) is 19.8 Å². The molecule has 0 spiro atoms. The number of alkyl halides is 2. The second kappa shape index (κ2) is 5.93. The molecule has 2 aliphatic heterocycles. The van der Waals surface area contributed by atoms with Gasteiger partial charge in [-0.2, -0.15) is 0 Å². The quantitative estimate of drug-likeness (QED) is 0.789. The van der Waals surface area contributed by atoms with E-state index in [9.17, 15) is 13.6 Å². The van der Waals surface area contributed by atoms with Crippen molar-refractivity contribution in [3.8, 4) is 0 Å². The summed E-state index contributed by atoms with van der Waals surface area (Å²) in [6.45, 7) is 8.99. The van der Waals surface area contributed by atoms with Gasteiger partial charge in [0.1, 0.15) is 5.41 Å². The van der Waals surface area contributed by atoms with Crippen molar-refractivity contribution < 1.29 is 18.3 Å². The fourth-order valence-electron chi connectivity index (χ4n) is 3.00. The first kappa shape index (κ1) is 15.6. The highest BCUT2D eigenvalue weighted by Gasteiger charge is 2.45. The molecule has 2 atom stereocenters. The van der Waals surface area contributed by atoms with Gasteiger partial charge in [0, 0.05) is 32.2 Å². The summed E-state index contributed by atoms with van der Waals surface area (Å²) in [5.41, 5.74) is -1.60. The molecule has 20 heavy (non-hydrogen) atoms. The van der Waals surface area contributed by atoms with E-state index in [1.54, 1.807) is 4.90 Å². The molecule has 0 unspecified atom stereocenters. The maximum absolute atomic E-state index is 13.0. The second-order valence-corrected chi connectivity index (χ2v) is 6.43. The van der Waals surface area contributed by atoms with Crippen LogP contribution >= 0.6 is 0 Å². The van der Waals surface area contributed by atoms with Crippen LogP contribution in [0.15, 0.2) is 0 Å². The third-order valence-corrected chi connectivity index (χ3v) is 4.47. The summed E-state index contributed by atoms with van der Waals surface area (Å²) < 4.78 is 31.3. The largest absolute Gasteiger partial charge is 0.379 e. The third kappa shape index (κ3) is 2.96. The summed E-state index contributed by atoms with van der Waals surface area (Å²) in [5, 5.41) is 0. The van der Waals surface area contributed by atoms with Crippen LogP contribution in [0.5, 0.6) is 0 Å². The number of rotatable bonds is 3. The van der Waals surface area contributed by atoms with Crippen molar-refractivity contribution in [3.05, 3.63) is 0 Å². The Morgan fingerprint density at radius 3 is 2.40 bits per heavy atom. The van der Waals surface area contributed by atoms with Gasteiger partial charge in [0.2, 0.25) is 5.91 Å². The van der Waals surface area contributed by atoms with Gasteiger partial charge in [-0.25, -0.2) is 8.78 Å². The monoisotopic (exact) mass is 290 g/mol. The lowest BCUT2D eigenvalue weighted by Crippen LogP contribution is -2.48. The minimum absolute atomic E-state index is 0.260. The zero-order valence-electron chi connectivity index (χ0n) is 12.4. The Bertz CT molecular complexity index is 357. The predicted octanol–water partition coefficient (Wildman–Crippen LogP) is 1.46. The number of ether oxygens (including phenoxy) is 1. The molecule has 1 amide bonds. The Labute approximate surface area is 119 Å². The van der Waals surface area contributed by atoms with Crippen molar-refractivity contribution in [1.29, 1.82) is 0 Å². The topological polar surface area (TPSA) is 32.8 Å². The first-order valence-electron chi connectivity index (χ1n) is 7.23. The first-order chi connectivity index (χ1) is 9.34. The van der Waals surface area contributed by atoms with Crippen molar-refractivity contribution in [2.75, 3.05) is 39.4 Å². The minimum Gasteiger partial charge on any atom is -0.379 e. The summed E-state index contributed by atoms with van der Waals surface area (Å²) in [7, 11) is 0. The molecule has 0 bridgehead atoms. The molecule has 0 aromatic carbocycles. The highest BCUT2D eigenvalue weighted by atomic mass is 19.3. The molecule has 4 nitrogen and oxygen atoms in total. The molecule has 2 aliphatic rings. The van der Waals surface area contributed by atoms with Crippen molar-refractivity contribution in [3.63, 3.8) is 0 Å². The summed E-state index contributed by atoms with van der Waals surface area (Å²) in [6, 6.07) is 0.260. The standard InChI is InChI=1S/C14H24F2N2O2/c1-10-8-18(13(19)14(2,3)12(15)16)9-11(10)17-4-6-20-7-5-17/h10-12H,4-9H2,1-3H3/t10-,11+/m1/s1. The van der Waals surface area contributed by atoms with E-state index < -0.39 is 17.7 Å². The van der Waals surface area contributed by atoms with Gasteiger partial charge in [0.05, 0.1) is 13.2 Å². The number of hydrogen-bond acceptors (Lipinski definition) is 3. The van der Waals surface area contributed by atoms with Crippen LogP contribution in [0.2, 0.25) is 0 Å². The van der Waals surface area contributed by atoms with E-state index in [0.717, 1.165) is 13.1 Å². The molecule has 0 aromatic rings. The third-order valence-electron chi connectivity index (χ3n) is 4.47. The molecule has 2 heterocycles. The fraction of sp³-hybridized carbons (Fsp3) is 0.929. The Kier molecular flexibility index (Phi) is 4.64. The number of halogens is 2. The highest BCUT2D eigenvalue weighted by Crippen LogP contribution is 2.31. The smallest absolute Gasteiger partial charge is 0.252 e. The Morgan fingerprint density at radius 1 is 1.25 bits per heavy atom. The van der Waals surface area contributed by atoms with E-state index in [2.05, 4.69) is 11.8 Å². The van der Waals surface area contributed by atoms with Crippen molar-refractivity contribution in [1.82, 2.24) is 9.80 Å². The average Bonchev–Trinajstić information content (AvgIpc) is 2.80. The van der Waals surface area contributed by atoms with Crippen LogP contribution in [0.25, 0.3) is 0 Å². The molecule has 116 valence electrons. The summed E-state index contributed by atoms with van der Waals surface area (Å²) in [5.74, 6) is -0.124. The molecule has 0 aliphatic carbocycles.